The maximum absolute atomic E-state index is 5.88. The molecule has 0 aliphatic heterocycles. The summed E-state index contributed by atoms with van der Waals surface area (Å²) in [5.41, 5.74) is 7.19. The molecule has 0 saturated heterocycles. The zero-order valence-electron chi connectivity index (χ0n) is 10.0. The standard InChI is InChI=1S/C12H22N4/c1-16-9-10(8-15-16)6-7-14-12-4-2-11(13)3-5-12/h8-9,11-12,14H,2-7,13H2,1H3. The van der Waals surface area contributed by atoms with E-state index in [0.717, 1.165) is 13.0 Å². The Labute approximate surface area is 97.2 Å². The van der Waals surface area contributed by atoms with Gasteiger partial charge < -0.3 is 11.1 Å². The van der Waals surface area contributed by atoms with E-state index in [0.29, 0.717) is 12.1 Å². The molecule has 1 fully saturated rings. The predicted octanol–water partition coefficient (Wildman–Crippen LogP) is 0.822. The fourth-order valence-corrected chi connectivity index (χ4v) is 2.34. The van der Waals surface area contributed by atoms with Gasteiger partial charge in [-0.3, -0.25) is 4.68 Å². The molecule has 1 aromatic heterocycles. The van der Waals surface area contributed by atoms with Crippen molar-refractivity contribution in [1.82, 2.24) is 15.1 Å². The van der Waals surface area contributed by atoms with E-state index in [1.807, 2.05) is 17.9 Å². The molecule has 1 saturated carbocycles. The monoisotopic (exact) mass is 222 g/mol. The molecule has 0 spiro atoms. The maximum Gasteiger partial charge on any atom is 0.0522 e. The summed E-state index contributed by atoms with van der Waals surface area (Å²) in [7, 11) is 1.96. The third-order valence-corrected chi connectivity index (χ3v) is 3.38. The van der Waals surface area contributed by atoms with Crippen molar-refractivity contribution in [3.63, 3.8) is 0 Å². The van der Waals surface area contributed by atoms with E-state index in [2.05, 4.69) is 16.6 Å². The zero-order chi connectivity index (χ0) is 11.4. The molecule has 0 atom stereocenters. The van der Waals surface area contributed by atoms with E-state index in [1.54, 1.807) is 0 Å². The molecule has 0 unspecified atom stereocenters. The van der Waals surface area contributed by atoms with Crippen LogP contribution in [0.2, 0.25) is 0 Å². The summed E-state index contributed by atoms with van der Waals surface area (Å²) in [6.07, 6.45) is 9.89. The number of rotatable bonds is 4. The summed E-state index contributed by atoms with van der Waals surface area (Å²) >= 11 is 0. The molecular weight excluding hydrogens is 200 g/mol. The molecule has 1 aliphatic rings. The predicted molar refractivity (Wildman–Crippen MR) is 65.1 cm³/mol. The van der Waals surface area contributed by atoms with Gasteiger partial charge in [-0.15, -0.1) is 0 Å². The van der Waals surface area contributed by atoms with E-state index in [9.17, 15) is 0 Å². The third-order valence-electron chi connectivity index (χ3n) is 3.38. The van der Waals surface area contributed by atoms with Crippen molar-refractivity contribution in [2.24, 2.45) is 12.8 Å². The molecule has 0 radical (unpaired) electrons. The van der Waals surface area contributed by atoms with Crippen LogP contribution in [0.15, 0.2) is 12.4 Å². The van der Waals surface area contributed by atoms with Gasteiger partial charge in [-0.25, -0.2) is 0 Å². The van der Waals surface area contributed by atoms with Crippen LogP contribution in [0.4, 0.5) is 0 Å². The smallest absolute Gasteiger partial charge is 0.0522 e. The third kappa shape index (κ3) is 3.32. The zero-order valence-corrected chi connectivity index (χ0v) is 10.0. The van der Waals surface area contributed by atoms with Crippen molar-refractivity contribution >= 4 is 0 Å². The van der Waals surface area contributed by atoms with E-state index in [4.69, 9.17) is 5.73 Å². The highest BCUT2D eigenvalue weighted by atomic mass is 15.2. The minimum Gasteiger partial charge on any atom is -0.328 e. The lowest BCUT2D eigenvalue weighted by Gasteiger charge is -2.26. The van der Waals surface area contributed by atoms with Crippen LogP contribution in [0.5, 0.6) is 0 Å². The number of hydrogen-bond donors (Lipinski definition) is 2. The first-order valence-electron chi connectivity index (χ1n) is 6.20. The Morgan fingerprint density at radius 1 is 1.44 bits per heavy atom. The molecule has 1 aliphatic carbocycles. The molecule has 2 rings (SSSR count). The minimum absolute atomic E-state index is 0.441. The molecule has 1 aromatic rings. The van der Waals surface area contributed by atoms with Crippen molar-refractivity contribution in [1.29, 1.82) is 0 Å². The lowest BCUT2D eigenvalue weighted by atomic mass is 9.92. The molecule has 0 bridgehead atoms. The van der Waals surface area contributed by atoms with Crippen molar-refractivity contribution in [2.45, 2.75) is 44.2 Å². The molecule has 0 aromatic carbocycles. The molecule has 4 heteroatoms. The Bertz CT molecular complexity index is 313. The number of aryl methyl sites for hydroxylation is 1. The van der Waals surface area contributed by atoms with Gasteiger partial charge in [-0.05, 0) is 44.2 Å². The molecule has 4 nitrogen and oxygen atoms in total. The van der Waals surface area contributed by atoms with Crippen molar-refractivity contribution < 1.29 is 0 Å². The fraction of sp³-hybridized carbons (Fsp3) is 0.750. The Kier molecular flexibility index (Phi) is 3.96. The summed E-state index contributed by atoms with van der Waals surface area (Å²) in [6.45, 7) is 1.05. The lowest BCUT2D eigenvalue weighted by molar-refractivity contribution is 0.344. The second kappa shape index (κ2) is 5.46. The van der Waals surface area contributed by atoms with Gasteiger partial charge in [-0.1, -0.05) is 0 Å². The van der Waals surface area contributed by atoms with Crippen LogP contribution < -0.4 is 11.1 Å². The quantitative estimate of drug-likeness (QED) is 0.793. The Hall–Kier alpha value is -0.870. The van der Waals surface area contributed by atoms with Crippen molar-refractivity contribution in [3.8, 4) is 0 Å². The largest absolute Gasteiger partial charge is 0.328 e. The van der Waals surface area contributed by atoms with Crippen LogP contribution in [0.3, 0.4) is 0 Å². The second-order valence-electron chi connectivity index (χ2n) is 4.84. The summed E-state index contributed by atoms with van der Waals surface area (Å²) in [5.74, 6) is 0. The summed E-state index contributed by atoms with van der Waals surface area (Å²) in [5, 5.41) is 7.77. The number of nitrogens with two attached hydrogens (primary N) is 1. The topological polar surface area (TPSA) is 55.9 Å². The summed E-state index contributed by atoms with van der Waals surface area (Å²) in [6, 6.07) is 1.12. The highest BCUT2D eigenvalue weighted by Gasteiger charge is 2.17. The summed E-state index contributed by atoms with van der Waals surface area (Å²) in [4.78, 5) is 0. The molecule has 16 heavy (non-hydrogen) atoms. The molecule has 90 valence electrons. The number of aromatic nitrogens is 2. The van der Waals surface area contributed by atoms with Gasteiger partial charge in [0, 0.05) is 25.3 Å². The van der Waals surface area contributed by atoms with E-state index in [-0.39, 0.29) is 0 Å². The van der Waals surface area contributed by atoms with Gasteiger partial charge in [0.05, 0.1) is 6.20 Å². The SMILES string of the molecule is Cn1cc(CCNC2CCC(N)CC2)cn1. The lowest BCUT2D eigenvalue weighted by Crippen LogP contribution is -2.38. The van der Waals surface area contributed by atoms with Crippen molar-refractivity contribution in [2.75, 3.05) is 6.54 Å². The fourth-order valence-electron chi connectivity index (χ4n) is 2.34. The van der Waals surface area contributed by atoms with Crippen LogP contribution in [0.25, 0.3) is 0 Å². The van der Waals surface area contributed by atoms with E-state index >= 15 is 0 Å². The first-order valence-corrected chi connectivity index (χ1v) is 6.20. The molecule has 1 heterocycles. The normalized spacial score (nSPS) is 25.9. The second-order valence-corrected chi connectivity index (χ2v) is 4.84. The van der Waals surface area contributed by atoms with Crippen LogP contribution in [-0.2, 0) is 13.5 Å². The van der Waals surface area contributed by atoms with Gasteiger partial charge >= 0.3 is 0 Å². The highest BCUT2D eigenvalue weighted by Crippen LogP contribution is 2.16. The van der Waals surface area contributed by atoms with Gasteiger partial charge in [0.2, 0.25) is 0 Å². The maximum atomic E-state index is 5.88. The first kappa shape index (κ1) is 11.6. The molecular formula is C12H22N4. The first-order chi connectivity index (χ1) is 7.74. The van der Waals surface area contributed by atoms with E-state index in [1.165, 1.54) is 31.2 Å². The van der Waals surface area contributed by atoms with E-state index < -0.39 is 0 Å². The molecule has 0 amide bonds. The van der Waals surface area contributed by atoms with Crippen LogP contribution >= 0.6 is 0 Å². The number of nitrogens with one attached hydrogen (secondary N) is 1. The highest BCUT2D eigenvalue weighted by molar-refractivity contribution is 5.03. The van der Waals surface area contributed by atoms with Crippen LogP contribution in [-0.4, -0.2) is 28.4 Å². The van der Waals surface area contributed by atoms with Crippen LogP contribution in [0, 0.1) is 0 Å². The Balaban J connectivity index is 1.64. The van der Waals surface area contributed by atoms with Gasteiger partial charge in [0.15, 0.2) is 0 Å². The van der Waals surface area contributed by atoms with Gasteiger partial charge in [-0.2, -0.15) is 5.10 Å². The Morgan fingerprint density at radius 2 is 2.19 bits per heavy atom. The average molecular weight is 222 g/mol. The van der Waals surface area contributed by atoms with Gasteiger partial charge in [0.25, 0.3) is 0 Å². The minimum atomic E-state index is 0.441. The van der Waals surface area contributed by atoms with Crippen molar-refractivity contribution in [3.05, 3.63) is 18.0 Å². The number of nitrogens with zero attached hydrogens (tertiary/aromatic N) is 2. The summed E-state index contributed by atoms with van der Waals surface area (Å²) < 4.78 is 1.86. The van der Waals surface area contributed by atoms with Gasteiger partial charge in [0.1, 0.15) is 0 Å². The van der Waals surface area contributed by atoms with Crippen LogP contribution in [0.1, 0.15) is 31.2 Å². The molecule has 3 N–H and O–H groups in total. The number of hydrogen-bond acceptors (Lipinski definition) is 3. The average Bonchev–Trinajstić information content (AvgIpc) is 2.67. The Morgan fingerprint density at radius 3 is 2.81 bits per heavy atom.